The fourth-order valence-electron chi connectivity index (χ4n) is 2.33. The van der Waals surface area contributed by atoms with Crippen molar-refractivity contribution in [1.82, 2.24) is 9.97 Å². The smallest absolute Gasteiger partial charge is 0.232 e. The molecule has 0 aliphatic carbocycles. The monoisotopic (exact) mass is 419 g/mol. The number of thiazole rings is 2. The zero-order valence-electron chi connectivity index (χ0n) is 13.8. The lowest BCUT2D eigenvalue weighted by molar-refractivity contribution is -0.115. The van der Waals surface area contributed by atoms with Crippen molar-refractivity contribution in [3.63, 3.8) is 0 Å². The third-order valence-corrected chi connectivity index (χ3v) is 6.33. The molecule has 7 nitrogen and oxygen atoms in total. The first-order chi connectivity index (χ1) is 13.2. The molecule has 0 radical (unpaired) electrons. The van der Waals surface area contributed by atoms with Gasteiger partial charge in [0.05, 0.1) is 17.9 Å². The summed E-state index contributed by atoms with van der Waals surface area (Å²) in [6.45, 7) is 0.180. The summed E-state index contributed by atoms with van der Waals surface area (Å²) in [7, 11) is 0. The number of aromatic nitrogens is 2. The third-order valence-electron chi connectivity index (χ3n) is 3.57. The van der Waals surface area contributed by atoms with Crippen LogP contribution in [0.5, 0.6) is 11.5 Å². The minimum Gasteiger partial charge on any atom is -0.454 e. The number of ether oxygens (including phenoxy) is 2. The zero-order valence-corrected chi connectivity index (χ0v) is 16.3. The lowest BCUT2D eigenvalue weighted by Crippen LogP contribution is -2.14. The summed E-state index contributed by atoms with van der Waals surface area (Å²) < 4.78 is 11.3. The van der Waals surface area contributed by atoms with Crippen molar-refractivity contribution in [2.75, 3.05) is 17.9 Å². The molecular formula is C17H13N3O4S3. The molecule has 1 amide bonds. The third kappa shape index (κ3) is 4.46. The number of nitrogens with one attached hydrogen (secondary N) is 1. The van der Waals surface area contributed by atoms with Gasteiger partial charge in [0.25, 0.3) is 0 Å². The van der Waals surface area contributed by atoms with Gasteiger partial charge in [-0.3, -0.25) is 9.59 Å². The molecule has 0 fully saturated rings. The second-order valence-electron chi connectivity index (χ2n) is 5.45. The van der Waals surface area contributed by atoms with Gasteiger partial charge in [0, 0.05) is 22.5 Å². The van der Waals surface area contributed by atoms with Gasteiger partial charge in [-0.1, -0.05) is 11.8 Å². The van der Waals surface area contributed by atoms with Crippen molar-refractivity contribution in [3.8, 4) is 11.5 Å². The number of fused-ring (bicyclic) bond motifs is 1. The molecule has 1 aliphatic rings. The van der Waals surface area contributed by atoms with Gasteiger partial charge in [-0.2, -0.15) is 0 Å². The molecule has 138 valence electrons. The Morgan fingerprint density at radius 1 is 1.22 bits per heavy atom. The van der Waals surface area contributed by atoms with E-state index in [1.807, 2.05) is 5.38 Å². The predicted molar refractivity (Wildman–Crippen MR) is 104 cm³/mol. The zero-order chi connectivity index (χ0) is 18.6. The number of hydrogen-bond donors (Lipinski definition) is 1. The van der Waals surface area contributed by atoms with Crippen LogP contribution < -0.4 is 14.8 Å². The highest BCUT2D eigenvalue weighted by Gasteiger charge is 2.17. The largest absolute Gasteiger partial charge is 0.454 e. The Hall–Kier alpha value is -2.43. The molecule has 4 rings (SSSR count). The van der Waals surface area contributed by atoms with Gasteiger partial charge in [0.1, 0.15) is 0 Å². The van der Waals surface area contributed by atoms with Crippen molar-refractivity contribution in [1.29, 1.82) is 0 Å². The summed E-state index contributed by atoms with van der Waals surface area (Å²) in [6.07, 6.45) is 1.81. The van der Waals surface area contributed by atoms with Gasteiger partial charge in [-0.05, 0) is 18.2 Å². The van der Waals surface area contributed by atoms with Gasteiger partial charge >= 0.3 is 0 Å². The van der Waals surface area contributed by atoms with E-state index in [2.05, 4.69) is 15.3 Å². The van der Waals surface area contributed by atoms with E-state index in [-0.39, 0.29) is 30.7 Å². The average Bonchev–Trinajstić information content (AvgIpc) is 3.41. The molecule has 0 saturated heterocycles. The number of benzene rings is 1. The molecule has 2 aromatic heterocycles. The molecule has 0 saturated carbocycles. The van der Waals surface area contributed by atoms with E-state index in [9.17, 15) is 9.59 Å². The van der Waals surface area contributed by atoms with Crippen LogP contribution in [0, 0.1) is 0 Å². The van der Waals surface area contributed by atoms with E-state index in [0.717, 1.165) is 4.34 Å². The summed E-state index contributed by atoms with van der Waals surface area (Å²) in [4.78, 5) is 32.8. The topological polar surface area (TPSA) is 90.4 Å². The van der Waals surface area contributed by atoms with Gasteiger partial charge in [-0.15, -0.1) is 22.7 Å². The quantitative estimate of drug-likeness (QED) is 0.463. The Bertz CT molecular complexity index is 972. The van der Waals surface area contributed by atoms with Gasteiger partial charge in [0.15, 0.2) is 26.8 Å². The number of amides is 1. The van der Waals surface area contributed by atoms with Crippen LogP contribution in [-0.2, 0) is 11.2 Å². The molecule has 1 aromatic carbocycles. The van der Waals surface area contributed by atoms with E-state index in [0.29, 0.717) is 27.9 Å². The Morgan fingerprint density at radius 2 is 2.11 bits per heavy atom. The van der Waals surface area contributed by atoms with Crippen molar-refractivity contribution < 1.29 is 19.1 Å². The highest BCUT2D eigenvalue weighted by molar-refractivity contribution is 8.01. The van der Waals surface area contributed by atoms with E-state index >= 15 is 0 Å². The predicted octanol–water partition coefficient (Wildman–Crippen LogP) is 3.48. The number of carbonyl (C=O) groups is 2. The van der Waals surface area contributed by atoms with Crippen molar-refractivity contribution in [2.45, 2.75) is 10.8 Å². The van der Waals surface area contributed by atoms with Crippen LogP contribution in [-0.4, -0.2) is 34.2 Å². The number of thioether (sulfide) groups is 1. The standard InChI is InChI=1S/C17H13N3O4S3/c21-12(10-1-2-13-14(5-10)24-9-23-13)8-27-17-19-11(7-26-17)6-15(22)20-16-18-3-4-25-16/h1-5,7H,6,8-9H2,(H,18,20,22). The van der Waals surface area contributed by atoms with Crippen LogP contribution >= 0.6 is 34.4 Å². The Kier molecular flexibility index (Phi) is 5.37. The van der Waals surface area contributed by atoms with Crippen LogP contribution in [0.15, 0.2) is 39.5 Å². The molecule has 3 heterocycles. The minimum absolute atomic E-state index is 0.0171. The van der Waals surface area contributed by atoms with Crippen LogP contribution in [0.4, 0.5) is 5.13 Å². The molecule has 0 spiro atoms. The molecule has 1 N–H and O–H groups in total. The Labute approximate surface area is 166 Å². The summed E-state index contributed by atoms with van der Waals surface area (Å²) in [5.74, 6) is 1.32. The molecule has 27 heavy (non-hydrogen) atoms. The highest BCUT2D eigenvalue weighted by Crippen LogP contribution is 2.33. The molecule has 0 unspecified atom stereocenters. The average molecular weight is 420 g/mol. The molecule has 0 atom stereocenters. The first-order valence-corrected chi connectivity index (χ1v) is 10.6. The lowest BCUT2D eigenvalue weighted by Gasteiger charge is -2.01. The van der Waals surface area contributed by atoms with Crippen LogP contribution in [0.3, 0.4) is 0 Å². The molecular weight excluding hydrogens is 406 g/mol. The molecule has 10 heteroatoms. The second kappa shape index (κ2) is 8.07. The first kappa shape index (κ1) is 18.0. The maximum atomic E-state index is 12.4. The number of anilines is 1. The fourth-order valence-corrected chi connectivity index (χ4v) is 4.61. The van der Waals surface area contributed by atoms with Crippen molar-refractivity contribution >= 4 is 51.3 Å². The first-order valence-electron chi connectivity index (χ1n) is 7.87. The molecule has 0 bridgehead atoms. The van der Waals surface area contributed by atoms with Gasteiger partial charge < -0.3 is 14.8 Å². The fraction of sp³-hybridized carbons (Fsp3) is 0.176. The van der Waals surface area contributed by atoms with E-state index in [1.54, 1.807) is 29.8 Å². The van der Waals surface area contributed by atoms with E-state index in [4.69, 9.17) is 9.47 Å². The summed E-state index contributed by atoms with van der Waals surface area (Å²) in [5, 5.41) is 6.91. The van der Waals surface area contributed by atoms with Gasteiger partial charge in [0.2, 0.25) is 12.7 Å². The van der Waals surface area contributed by atoms with Crippen molar-refractivity contribution in [3.05, 3.63) is 46.4 Å². The normalized spacial score (nSPS) is 12.1. The maximum absolute atomic E-state index is 12.4. The number of rotatable bonds is 7. The number of carbonyl (C=O) groups excluding carboxylic acids is 2. The number of ketones is 1. The Balaban J connectivity index is 1.30. The van der Waals surface area contributed by atoms with Crippen LogP contribution in [0.2, 0.25) is 0 Å². The molecule has 1 aliphatic heterocycles. The number of Topliss-reactive ketones (excluding diaryl/α,β-unsaturated/α-hetero) is 1. The maximum Gasteiger partial charge on any atom is 0.232 e. The molecule has 3 aromatic rings. The second-order valence-corrected chi connectivity index (χ2v) is 8.42. The Morgan fingerprint density at radius 3 is 2.96 bits per heavy atom. The summed E-state index contributed by atoms with van der Waals surface area (Å²) in [6, 6.07) is 5.16. The summed E-state index contributed by atoms with van der Waals surface area (Å²) >= 11 is 4.14. The minimum atomic E-state index is -0.164. The SMILES string of the molecule is O=C(Cc1csc(SCC(=O)c2ccc3c(c2)OCO3)n1)Nc1nccs1. The number of nitrogens with zero attached hydrogens (tertiary/aromatic N) is 2. The van der Waals surface area contributed by atoms with Crippen molar-refractivity contribution in [2.24, 2.45) is 0 Å². The van der Waals surface area contributed by atoms with E-state index in [1.165, 1.54) is 34.4 Å². The summed E-state index contributed by atoms with van der Waals surface area (Å²) in [5.41, 5.74) is 1.25. The van der Waals surface area contributed by atoms with Crippen LogP contribution in [0.1, 0.15) is 16.1 Å². The highest BCUT2D eigenvalue weighted by atomic mass is 32.2. The van der Waals surface area contributed by atoms with Gasteiger partial charge in [-0.25, -0.2) is 9.97 Å². The van der Waals surface area contributed by atoms with Crippen LogP contribution in [0.25, 0.3) is 0 Å². The lowest BCUT2D eigenvalue weighted by atomic mass is 10.1. The van der Waals surface area contributed by atoms with E-state index < -0.39 is 0 Å². The number of hydrogen-bond acceptors (Lipinski definition) is 9.